The molecule has 0 bridgehead atoms. The minimum atomic E-state index is -4.84. The van der Waals surface area contributed by atoms with E-state index in [1.807, 2.05) is 30.0 Å². The molecule has 0 radical (unpaired) electrons. The minimum absolute atomic E-state index is 0.157. The highest BCUT2D eigenvalue weighted by molar-refractivity contribution is 7.99. The normalized spacial score (nSPS) is 15.5. The molecular weight excluding hydrogens is 440 g/mol. The van der Waals surface area contributed by atoms with Crippen molar-refractivity contribution in [3.8, 4) is 0 Å². The van der Waals surface area contributed by atoms with E-state index in [0.29, 0.717) is 23.2 Å². The SMILES string of the molecule is Cc1nc(N[C@H](C)c2cc(N)cc(C(F)(F)F)c2F)c2cc(C3=CCSCC3)ccc2n1. The number of nitrogens with zero attached hydrogens (tertiary/aromatic N) is 2. The lowest BCUT2D eigenvalue weighted by Crippen LogP contribution is -2.16. The number of rotatable bonds is 4. The summed E-state index contributed by atoms with van der Waals surface area (Å²) in [6.45, 7) is 3.30. The number of nitrogen functional groups attached to an aromatic ring is 1. The molecule has 2 heterocycles. The average molecular weight is 463 g/mol. The Bertz CT molecular complexity index is 1210. The van der Waals surface area contributed by atoms with E-state index in [1.165, 1.54) is 11.6 Å². The third kappa shape index (κ3) is 4.53. The highest BCUT2D eigenvalue weighted by Gasteiger charge is 2.36. The van der Waals surface area contributed by atoms with Crippen molar-refractivity contribution in [2.24, 2.45) is 0 Å². The summed E-state index contributed by atoms with van der Waals surface area (Å²) in [5.41, 5.74) is 6.92. The molecule has 0 spiro atoms. The summed E-state index contributed by atoms with van der Waals surface area (Å²) in [6, 6.07) is 6.90. The maximum atomic E-state index is 14.7. The summed E-state index contributed by atoms with van der Waals surface area (Å²) in [5.74, 6) is 1.59. The molecule has 3 N–H and O–H groups in total. The van der Waals surface area contributed by atoms with E-state index in [-0.39, 0.29) is 11.3 Å². The van der Waals surface area contributed by atoms with Crippen molar-refractivity contribution < 1.29 is 17.6 Å². The zero-order valence-electron chi connectivity index (χ0n) is 17.6. The van der Waals surface area contributed by atoms with E-state index >= 15 is 0 Å². The van der Waals surface area contributed by atoms with Crippen LogP contribution in [0.15, 0.2) is 36.4 Å². The van der Waals surface area contributed by atoms with Gasteiger partial charge in [-0.1, -0.05) is 12.1 Å². The first-order valence-electron chi connectivity index (χ1n) is 10.1. The molecule has 1 aromatic heterocycles. The third-order valence-electron chi connectivity index (χ3n) is 5.39. The van der Waals surface area contributed by atoms with Gasteiger partial charge in [-0.25, -0.2) is 14.4 Å². The van der Waals surface area contributed by atoms with Crippen LogP contribution in [-0.4, -0.2) is 21.5 Å². The van der Waals surface area contributed by atoms with Gasteiger partial charge in [0.25, 0.3) is 0 Å². The van der Waals surface area contributed by atoms with Gasteiger partial charge in [0.1, 0.15) is 17.5 Å². The number of aromatic nitrogens is 2. The van der Waals surface area contributed by atoms with Crippen molar-refractivity contribution in [3.05, 3.63) is 64.7 Å². The molecule has 0 amide bonds. The number of allylic oxidation sites excluding steroid dienone is 1. The van der Waals surface area contributed by atoms with Crippen molar-refractivity contribution in [2.75, 3.05) is 22.6 Å². The van der Waals surface area contributed by atoms with E-state index < -0.39 is 23.6 Å². The van der Waals surface area contributed by atoms with Crippen molar-refractivity contribution in [1.29, 1.82) is 0 Å². The van der Waals surface area contributed by atoms with Gasteiger partial charge in [-0.2, -0.15) is 24.9 Å². The highest BCUT2D eigenvalue weighted by atomic mass is 32.2. The molecule has 1 aliphatic rings. The fourth-order valence-electron chi connectivity index (χ4n) is 3.82. The third-order valence-corrected chi connectivity index (χ3v) is 6.29. The Morgan fingerprint density at radius 1 is 1.16 bits per heavy atom. The topological polar surface area (TPSA) is 63.8 Å². The molecule has 168 valence electrons. The second-order valence-corrected chi connectivity index (χ2v) is 8.89. The van der Waals surface area contributed by atoms with Gasteiger partial charge in [0.05, 0.1) is 17.1 Å². The average Bonchev–Trinajstić information content (AvgIpc) is 2.74. The van der Waals surface area contributed by atoms with Crippen molar-refractivity contribution in [3.63, 3.8) is 0 Å². The van der Waals surface area contributed by atoms with Gasteiger partial charge >= 0.3 is 6.18 Å². The number of anilines is 2. The van der Waals surface area contributed by atoms with Crippen LogP contribution in [0.3, 0.4) is 0 Å². The van der Waals surface area contributed by atoms with Gasteiger partial charge in [0, 0.05) is 22.4 Å². The van der Waals surface area contributed by atoms with Crippen LogP contribution in [0.5, 0.6) is 0 Å². The van der Waals surface area contributed by atoms with Gasteiger partial charge in [0.15, 0.2) is 0 Å². The largest absolute Gasteiger partial charge is 0.419 e. The number of halogens is 4. The Hall–Kier alpha value is -2.81. The summed E-state index contributed by atoms with van der Waals surface area (Å²) in [6.07, 6.45) is -1.69. The van der Waals surface area contributed by atoms with Gasteiger partial charge in [-0.15, -0.1) is 0 Å². The van der Waals surface area contributed by atoms with Crippen LogP contribution in [0.25, 0.3) is 16.5 Å². The van der Waals surface area contributed by atoms with Crippen molar-refractivity contribution >= 4 is 39.7 Å². The Kier molecular flexibility index (Phi) is 6.03. The summed E-state index contributed by atoms with van der Waals surface area (Å²) in [4.78, 5) is 8.92. The van der Waals surface area contributed by atoms with Gasteiger partial charge < -0.3 is 11.1 Å². The molecule has 0 unspecified atom stereocenters. The highest BCUT2D eigenvalue weighted by Crippen LogP contribution is 2.37. The summed E-state index contributed by atoms with van der Waals surface area (Å²) in [5, 5.41) is 3.80. The molecule has 0 fully saturated rings. The smallest absolute Gasteiger partial charge is 0.399 e. The van der Waals surface area contributed by atoms with Crippen LogP contribution < -0.4 is 11.1 Å². The standard InChI is InChI=1S/C23H22F4N4S/c1-12(17-10-16(28)11-19(21(17)24)23(25,26)27)29-22-18-9-15(14-5-7-32-8-6-14)3-4-20(18)30-13(2)31-22/h3-5,9-12H,6-8,28H2,1-2H3,(H,29,30,31)/t12-/m1/s1. The van der Waals surface area contributed by atoms with Gasteiger partial charge in [-0.3, -0.25) is 0 Å². The van der Waals surface area contributed by atoms with Gasteiger partial charge in [0.2, 0.25) is 0 Å². The Balaban J connectivity index is 1.75. The monoisotopic (exact) mass is 462 g/mol. The van der Waals surface area contributed by atoms with Crippen LogP contribution in [0, 0.1) is 12.7 Å². The molecule has 0 saturated carbocycles. The van der Waals surface area contributed by atoms with Gasteiger partial charge in [-0.05, 0) is 61.4 Å². The molecule has 3 aromatic rings. The maximum Gasteiger partial charge on any atom is 0.419 e. The number of hydrogen-bond donors (Lipinski definition) is 2. The van der Waals surface area contributed by atoms with E-state index in [1.54, 1.807) is 13.8 Å². The van der Waals surface area contributed by atoms with Crippen molar-refractivity contribution in [1.82, 2.24) is 9.97 Å². The Morgan fingerprint density at radius 2 is 1.94 bits per heavy atom. The predicted octanol–water partition coefficient (Wildman–Crippen LogP) is 6.37. The fraction of sp³-hybridized carbons (Fsp3) is 0.304. The maximum absolute atomic E-state index is 14.7. The predicted molar refractivity (Wildman–Crippen MR) is 122 cm³/mol. The van der Waals surface area contributed by atoms with Crippen LogP contribution >= 0.6 is 11.8 Å². The molecule has 9 heteroatoms. The van der Waals surface area contributed by atoms with E-state index in [0.717, 1.165) is 28.9 Å². The number of aryl methyl sites for hydroxylation is 1. The number of nitrogens with two attached hydrogens (primary N) is 1. The van der Waals surface area contributed by atoms with Crippen LogP contribution in [0.1, 0.15) is 41.9 Å². The summed E-state index contributed by atoms with van der Waals surface area (Å²) in [7, 11) is 0. The Morgan fingerprint density at radius 3 is 2.62 bits per heavy atom. The molecule has 32 heavy (non-hydrogen) atoms. The van der Waals surface area contributed by atoms with Crippen LogP contribution in [0.2, 0.25) is 0 Å². The number of fused-ring (bicyclic) bond motifs is 1. The molecule has 0 aliphatic carbocycles. The second-order valence-electron chi connectivity index (χ2n) is 7.74. The lowest BCUT2D eigenvalue weighted by molar-refractivity contribution is -0.140. The van der Waals surface area contributed by atoms with E-state index in [2.05, 4.69) is 21.4 Å². The fourth-order valence-corrected chi connectivity index (χ4v) is 4.67. The molecule has 4 nitrogen and oxygen atoms in total. The van der Waals surface area contributed by atoms with E-state index in [9.17, 15) is 17.6 Å². The number of nitrogens with one attached hydrogen (secondary N) is 1. The molecule has 0 saturated heterocycles. The lowest BCUT2D eigenvalue weighted by Gasteiger charge is -2.20. The Labute approximate surface area is 187 Å². The lowest BCUT2D eigenvalue weighted by atomic mass is 10.00. The zero-order chi connectivity index (χ0) is 23.0. The first-order chi connectivity index (χ1) is 15.1. The number of alkyl halides is 3. The molecule has 1 atom stereocenters. The first-order valence-corrected chi connectivity index (χ1v) is 11.3. The molecule has 1 aliphatic heterocycles. The quantitative estimate of drug-likeness (QED) is 0.348. The zero-order valence-corrected chi connectivity index (χ0v) is 18.4. The molecular formula is C23H22F4N4S. The summed E-state index contributed by atoms with van der Waals surface area (Å²) < 4.78 is 54.5. The van der Waals surface area contributed by atoms with Crippen LogP contribution in [0.4, 0.5) is 29.1 Å². The number of benzene rings is 2. The minimum Gasteiger partial charge on any atom is -0.399 e. The summed E-state index contributed by atoms with van der Waals surface area (Å²) >= 11 is 1.87. The first kappa shape index (κ1) is 22.4. The second kappa shape index (κ2) is 8.61. The van der Waals surface area contributed by atoms with Crippen LogP contribution in [-0.2, 0) is 6.18 Å². The molecule has 4 rings (SSSR count). The number of hydrogen-bond acceptors (Lipinski definition) is 5. The number of thioether (sulfide) groups is 1. The van der Waals surface area contributed by atoms with Crippen molar-refractivity contribution in [2.45, 2.75) is 32.5 Å². The molecule has 2 aromatic carbocycles. The van der Waals surface area contributed by atoms with E-state index in [4.69, 9.17) is 5.73 Å².